The van der Waals surface area contributed by atoms with Gasteiger partial charge < -0.3 is 15.7 Å². The van der Waals surface area contributed by atoms with Crippen molar-refractivity contribution in [1.82, 2.24) is 5.32 Å². The van der Waals surface area contributed by atoms with E-state index in [2.05, 4.69) is 10.6 Å². The molecule has 3 N–H and O–H groups in total. The number of amides is 1. The Balaban J connectivity index is 1.54. The predicted octanol–water partition coefficient (Wildman–Crippen LogP) is 5.65. The molecule has 0 aliphatic carbocycles. The second-order valence-corrected chi connectivity index (χ2v) is 7.29. The van der Waals surface area contributed by atoms with Crippen LogP contribution in [0, 0.1) is 0 Å². The third-order valence-electron chi connectivity index (χ3n) is 5.29. The van der Waals surface area contributed by atoms with Crippen LogP contribution in [0.25, 0.3) is 10.8 Å². The van der Waals surface area contributed by atoms with Gasteiger partial charge in [0.25, 0.3) is 5.91 Å². The van der Waals surface area contributed by atoms with E-state index in [0.717, 1.165) is 27.6 Å². The van der Waals surface area contributed by atoms with E-state index in [1.165, 1.54) is 0 Å². The Morgan fingerprint density at radius 1 is 0.867 bits per heavy atom. The normalized spacial score (nSPS) is 11.8. The van der Waals surface area contributed by atoms with Gasteiger partial charge in [0, 0.05) is 17.8 Å². The lowest BCUT2D eigenvalue weighted by Crippen LogP contribution is -2.27. The average Bonchev–Trinajstić information content (AvgIpc) is 2.79. The monoisotopic (exact) mass is 396 g/mol. The number of phenolic OH excluding ortho intramolecular Hbond substituents is 1. The highest BCUT2D eigenvalue weighted by molar-refractivity contribution is 6.00. The molecule has 0 fully saturated rings. The van der Waals surface area contributed by atoms with Gasteiger partial charge in [-0.15, -0.1) is 0 Å². The molecule has 0 unspecified atom stereocenters. The number of para-hydroxylation sites is 1. The highest BCUT2D eigenvalue weighted by Gasteiger charge is 2.15. The molecule has 0 aliphatic heterocycles. The van der Waals surface area contributed by atoms with Crippen LogP contribution in [0.15, 0.2) is 91.0 Å². The van der Waals surface area contributed by atoms with Gasteiger partial charge in [0.2, 0.25) is 0 Å². The van der Waals surface area contributed by atoms with Gasteiger partial charge in [-0.25, -0.2) is 0 Å². The molecule has 4 heteroatoms. The Kier molecular flexibility index (Phi) is 5.66. The maximum Gasteiger partial charge on any atom is 0.253 e. The molecule has 1 amide bonds. The van der Waals surface area contributed by atoms with E-state index in [0.29, 0.717) is 12.1 Å². The Morgan fingerprint density at radius 2 is 1.57 bits per heavy atom. The van der Waals surface area contributed by atoms with Gasteiger partial charge >= 0.3 is 0 Å². The molecule has 4 rings (SSSR count). The second kappa shape index (κ2) is 8.70. The van der Waals surface area contributed by atoms with E-state index in [-0.39, 0.29) is 17.7 Å². The van der Waals surface area contributed by atoms with Crippen molar-refractivity contribution in [3.05, 3.63) is 108 Å². The lowest BCUT2D eigenvalue weighted by Gasteiger charge is -2.17. The molecule has 0 radical (unpaired) electrons. The van der Waals surface area contributed by atoms with E-state index in [1.54, 1.807) is 12.1 Å². The van der Waals surface area contributed by atoms with E-state index >= 15 is 0 Å². The Morgan fingerprint density at radius 3 is 2.40 bits per heavy atom. The van der Waals surface area contributed by atoms with Crippen molar-refractivity contribution < 1.29 is 9.90 Å². The molecule has 0 saturated heterocycles. The number of benzene rings is 4. The van der Waals surface area contributed by atoms with Crippen molar-refractivity contribution in [3.63, 3.8) is 0 Å². The third-order valence-corrected chi connectivity index (χ3v) is 5.29. The topological polar surface area (TPSA) is 61.4 Å². The van der Waals surface area contributed by atoms with Gasteiger partial charge in [-0.05, 0) is 41.5 Å². The van der Waals surface area contributed by atoms with Gasteiger partial charge in [-0.3, -0.25) is 4.79 Å². The Labute approximate surface area is 176 Å². The van der Waals surface area contributed by atoms with Crippen molar-refractivity contribution in [3.8, 4) is 5.75 Å². The SMILES string of the molecule is C[C@H](NC(=O)c1ccccc1NCc1c(O)ccc2ccccc12)c1ccccc1. The molecule has 4 aromatic rings. The fourth-order valence-electron chi connectivity index (χ4n) is 3.63. The van der Waals surface area contributed by atoms with Crippen LogP contribution in [0.2, 0.25) is 0 Å². The molecule has 1 atom stereocenters. The van der Waals surface area contributed by atoms with Crippen molar-refractivity contribution >= 4 is 22.4 Å². The minimum absolute atomic E-state index is 0.103. The van der Waals surface area contributed by atoms with Gasteiger partial charge in [0.15, 0.2) is 0 Å². The average molecular weight is 396 g/mol. The smallest absolute Gasteiger partial charge is 0.253 e. The van der Waals surface area contributed by atoms with Crippen LogP contribution in [0.4, 0.5) is 5.69 Å². The first-order valence-corrected chi connectivity index (χ1v) is 10.0. The molecule has 150 valence electrons. The van der Waals surface area contributed by atoms with Gasteiger partial charge in [0.1, 0.15) is 5.75 Å². The summed E-state index contributed by atoms with van der Waals surface area (Å²) in [4.78, 5) is 12.9. The van der Waals surface area contributed by atoms with E-state index < -0.39 is 0 Å². The summed E-state index contributed by atoms with van der Waals surface area (Å²) in [5.41, 5.74) is 3.15. The molecule has 0 aliphatic rings. The minimum Gasteiger partial charge on any atom is -0.508 e. The summed E-state index contributed by atoms with van der Waals surface area (Å²) in [5, 5.41) is 18.8. The summed E-state index contributed by atoms with van der Waals surface area (Å²) in [6, 6.07) is 28.8. The number of nitrogens with one attached hydrogen (secondary N) is 2. The van der Waals surface area contributed by atoms with Gasteiger partial charge in [-0.1, -0.05) is 72.8 Å². The molecule has 0 heterocycles. The number of hydrogen-bond donors (Lipinski definition) is 3. The molecule has 0 aromatic heterocycles. The van der Waals surface area contributed by atoms with Crippen LogP contribution in [0.5, 0.6) is 5.75 Å². The molecule has 4 nitrogen and oxygen atoms in total. The Hall–Kier alpha value is -3.79. The number of hydrogen-bond acceptors (Lipinski definition) is 3. The number of fused-ring (bicyclic) bond motifs is 1. The van der Waals surface area contributed by atoms with Crippen LogP contribution in [0.3, 0.4) is 0 Å². The highest BCUT2D eigenvalue weighted by Crippen LogP contribution is 2.28. The van der Waals surface area contributed by atoms with E-state index in [1.807, 2.05) is 85.8 Å². The minimum atomic E-state index is -0.142. The van der Waals surface area contributed by atoms with Crippen molar-refractivity contribution in [2.24, 2.45) is 0 Å². The summed E-state index contributed by atoms with van der Waals surface area (Å²) in [5.74, 6) is 0.0948. The predicted molar refractivity (Wildman–Crippen MR) is 122 cm³/mol. The molecular formula is C26H24N2O2. The molecule has 4 aromatic carbocycles. The summed E-state index contributed by atoms with van der Waals surface area (Å²) in [6.45, 7) is 2.38. The highest BCUT2D eigenvalue weighted by atomic mass is 16.3. The van der Waals surface area contributed by atoms with Crippen LogP contribution >= 0.6 is 0 Å². The number of aromatic hydroxyl groups is 1. The van der Waals surface area contributed by atoms with Gasteiger partial charge in [0.05, 0.1) is 11.6 Å². The molecular weight excluding hydrogens is 372 g/mol. The number of rotatable bonds is 6. The van der Waals surface area contributed by atoms with Crippen LogP contribution in [-0.4, -0.2) is 11.0 Å². The zero-order chi connectivity index (χ0) is 20.9. The van der Waals surface area contributed by atoms with Crippen molar-refractivity contribution in [2.45, 2.75) is 19.5 Å². The molecule has 0 spiro atoms. The molecule has 0 bridgehead atoms. The summed E-state index contributed by atoms with van der Waals surface area (Å²) in [6.07, 6.45) is 0. The first-order chi connectivity index (χ1) is 14.6. The van der Waals surface area contributed by atoms with Crippen molar-refractivity contribution in [1.29, 1.82) is 0 Å². The fraction of sp³-hybridized carbons (Fsp3) is 0.115. The standard InChI is InChI=1S/C26H24N2O2/c1-18(19-9-3-2-4-10-19)28-26(30)22-13-7-8-14-24(22)27-17-23-21-12-6-5-11-20(21)15-16-25(23)29/h2-16,18,27,29H,17H2,1H3,(H,28,30)/t18-/m0/s1. The third kappa shape index (κ3) is 4.13. The zero-order valence-corrected chi connectivity index (χ0v) is 16.8. The zero-order valence-electron chi connectivity index (χ0n) is 16.8. The molecule has 30 heavy (non-hydrogen) atoms. The Bertz CT molecular complexity index is 1170. The first kappa shape index (κ1) is 19.5. The first-order valence-electron chi connectivity index (χ1n) is 10.0. The lowest BCUT2D eigenvalue weighted by atomic mass is 10.0. The number of phenols is 1. The van der Waals surface area contributed by atoms with Crippen LogP contribution in [0.1, 0.15) is 34.5 Å². The van der Waals surface area contributed by atoms with Crippen LogP contribution in [-0.2, 0) is 6.54 Å². The number of carbonyl (C=O) groups is 1. The number of carbonyl (C=O) groups excluding carboxylic acids is 1. The van der Waals surface area contributed by atoms with E-state index in [9.17, 15) is 9.90 Å². The fourth-order valence-corrected chi connectivity index (χ4v) is 3.63. The summed E-state index contributed by atoms with van der Waals surface area (Å²) in [7, 11) is 0. The maximum absolute atomic E-state index is 12.9. The molecule has 0 saturated carbocycles. The van der Waals surface area contributed by atoms with Crippen molar-refractivity contribution in [2.75, 3.05) is 5.32 Å². The summed E-state index contributed by atoms with van der Waals surface area (Å²) < 4.78 is 0. The maximum atomic E-state index is 12.9. The number of anilines is 1. The summed E-state index contributed by atoms with van der Waals surface area (Å²) >= 11 is 0. The second-order valence-electron chi connectivity index (χ2n) is 7.29. The lowest BCUT2D eigenvalue weighted by molar-refractivity contribution is 0.0940. The van der Waals surface area contributed by atoms with Crippen LogP contribution < -0.4 is 10.6 Å². The van der Waals surface area contributed by atoms with E-state index in [4.69, 9.17) is 0 Å². The van der Waals surface area contributed by atoms with Gasteiger partial charge in [-0.2, -0.15) is 0 Å². The quantitative estimate of drug-likeness (QED) is 0.395. The largest absolute Gasteiger partial charge is 0.508 e.